The lowest BCUT2D eigenvalue weighted by Crippen LogP contribution is -2.45. The van der Waals surface area contributed by atoms with E-state index in [4.69, 9.17) is 9.84 Å². The molecule has 0 aromatic heterocycles. The highest BCUT2D eigenvalue weighted by Crippen LogP contribution is 2.23. The van der Waals surface area contributed by atoms with Crippen molar-refractivity contribution in [1.82, 2.24) is 9.80 Å². The third kappa shape index (κ3) is 6.78. The topological polar surface area (TPSA) is 53.0 Å². The highest BCUT2D eigenvalue weighted by atomic mass is 35.5. The standard InChI is InChI=1S/C20H32N2O3.ClH/c1-15(2)19-6-5-18(13-16(19)3)25-12-11-22-9-7-17(8-10-22)21(4)14-20(23)24;/h5-6,13,15,17H,7-12,14H2,1-4H3,(H,23,24);1H. The number of aliphatic carboxylic acids is 1. The van der Waals surface area contributed by atoms with E-state index in [9.17, 15) is 4.79 Å². The van der Waals surface area contributed by atoms with Gasteiger partial charge < -0.3 is 9.84 Å². The Balaban J connectivity index is 0.00000338. The van der Waals surface area contributed by atoms with E-state index >= 15 is 0 Å². The van der Waals surface area contributed by atoms with Crippen LogP contribution in [0.15, 0.2) is 18.2 Å². The summed E-state index contributed by atoms with van der Waals surface area (Å²) in [5.74, 6) is 0.727. The number of rotatable bonds is 8. The van der Waals surface area contributed by atoms with Gasteiger partial charge in [-0.1, -0.05) is 19.9 Å². The van der Waals surface area contributed by atoms with E-state index in [2.05, 4.69) is 43.9 Å². The van der Waals surface area contributed by atoms with Gasteiger partial charge in [-0.25, -0.2) is 0 Å². The van der Waals surface area contributed by atoms with Gasteiger partial charge in [0.05, 0.1) is 6.54 Å². The Morgan fingerprint density at radius 3 is 2.54 bits per heavy atom. The predicted octanol–water partition coefficient (Wildman–Crippen LogP) is 3.40. The first-order chi connectivity index (χ1) is 11.9. The summed E-state index contributed by atoms with van der Waals surface area (Å²) in [6.07, 6.45) is 2.04. The molecule has 1 N–H and O–H groups in total. The summed E-state index contributed by atoms with van der Waals surface area (Å²) in [6.45, 7) is 10.3. The molecule has 0 saturated carbocycles. The summed E-state index contributed by atoms with van der Waals surface area (Å²) in [4.78, 5) is 15.2. The molecule has 1 heterocycles. The number of aryl methyl sites for hydroxylation is 1. The van der Waals surface area contributed by atoms with Crippen molar-refractivity contribution in [2.45, 2.75) is 45.6 Å². The van der Waals surface area contributed by atoms with E-state index in [0.29, 0.717) is 18.6 Å². The van der Waals surface area contributed by atoms with Crippen molar-refractivity contribution < 1.29 is 14.6 Å². The normalized spacial score (nSPS) is 15.9. The van der Waals surface area contributed by atoms with Crippen LogP contribution < -0.4 is 4.74 Å². The molecule has 0 spiro atoms. The lowest BCUT2D eigenvalue weighted by molar-refractivity contribution is -0.138. The van der Waals surface area contributed by atoms with Gasteiger partial charge in [0.1, 0.15) is 12.4 Å². The van der Waals surface area contributed by atoms with Crippen LogP contribution in [0.3, 0.4) is 0 Å². The van der Waals surface area contributed by atoms with Gasteiger partial charge in [0.15, 0.2) is 0 Å². The van der Waals surface area contributed by atoms with Crippen LogP contribution in [0.25, 0.3) is 0 Å². The quantitative estimate of drug-likeness (QED) is 0.744. The Labute approximate surface area is 163 Å². The molecule has 1 aromatic carbocycles. The SMILES string of the molecule is Cc1cc(OCCN2CCC(N(C)CC(=O)O)CC2)ccc1C(C)C.Cl. The number of hydrogen-bond acceptors (Lipinski definition) is 4. The number of benzene rings is 1. The molecule has 1 fully saturated rings. The monoisotopic (exact) mass is 384 g/mol. The van der Waals surface area contributed by atoms with Gasteiger partial charge in [0.25, 0.3) is 0 Å². The van der Waals surface area contributed by atoms with Crippen LogP contribution in [-0.2, 0) is 4.79 Å². The van der Waals surface area contributed by atoms with E-state index in [1.807, 2.05) is 11.9 Å². The van der Waals surface area contributed by atoms with E-state index in [1.165, 1.54) is 11.1 Å². The number of halogens is 1. The molecule has 0 unspecified atom stereocenters. The number of hydrogen-bond donors (Lipinski definition) is 1. The van der Waals surface area contributed by atoms with Crippen LogP contribution in [0, 0.1) is 6.92 Å². The molecular weight excluding hydrogens is 352 g/mol. The molecule has 0 radical (unpaired) electrons. The van der Waals surface area contributed by atoms with Gasteiger partial charge in [0.2, 0.25) is 0 Å². The number of ether oxygens (including phenoxy) is 1. The van der Waals surface area contributed by atoms with Gasteiger partial charge in [-0.05, 0) is 69.1 Å². The zero-order valence-corrected chi connectivity index (χ0v) is 17.2. The molecule has 1 aromatic rings. The van der Waals surface area contributed by atoms with Crippen molar-refractivity contribution in [3.63, 3.8) is 0 Å². The zero-order valence-electron chi connectivity index (χ0n) is 16.4. The molecule has 0 bridgehead atoms. The van der Waals surface area contributed by atoms with Gasteiger partial charge >= 0.3 is 5.97 Å². The van der Waals surface area contributed by atoms with Gasteiger partial charge in [-0.3, -0.25) is 14.6 Å². The first-order valence-electron chi connectivity index (χ1n) is 9.24. The Kier molecular flexibility index (Phi) is 9.41. The van der Waals surface area contributed by atoms with Crippen LogP contribution in [0.2, 0.25) is 0 Å². The molecule has 26 heavy (non-hydrogen) atoms. The smallest absolute Gasteiger partial charge is 0.317 e. The highest BCUT2D eigenvalue weighted by molar-refractivity contribution is 5.85. The molecular formula is C20H33ClN2O3. The maximum absolute atomic E-state index is 10.8. The zero-order chi connectivity index (χ0) is 18.4. The molecule has 0 aliphatic carbocycles. The second kappa shape index (κ2) is 10.8. The van der Waals surface area contributed by atoms with Crippen molar-refractivity contribution in [3.05, 3.63) is 29.3 Å². The second-order valence-electron chi connectivity index (χ2n) is 7.40. The van der Waals surface area contributed by atoms with Crippen molar-refractivity contribution in [2.24, 2.45) is 0 Å². The second-order valence-corrected chi connectivity index (χ2v) is 7.40. The van der Waals surface area contributed by atoms with Crippen molar-refractivity contribution in [1.29, 1.82) is 0 Å². The fourth-order valence-corrected chi connectivity index (χ4v) is 3.60. The summed E-state index contributed by atoms with van der Waals surface area (Å²) in [5.41, 5.74) is 2.66. The average molecular weight is 385 g/mol. The molecule has 1 aliphatic rings. The molecule has 2 rings (SSSR count). The number of piperidine rings is 1. The van der Waals surface area contributed by atoms with Crippen molar-refractivity contribution in [3.8, 4) is 5.75 Å². The van der Waals surface area contributed by atoms with Crippen LogP contribution >= 0.6 is 12.4 Å². The maximum atomic E-state index is 10.8. The third-order valence-electron chi connectivity index (χ3n) is 5.10. The van der Waals surface area contributed by atoms with E-state index < -0.39 is 5.97 Å². The Morgan fingerprint density at radius 1 is 1.35 bits per heavy atom. The van der Waals surface area contributed by atoms with E-state index in [-0.39, 0.29) is 19.0 Å². The molecule has 0 amide bonds. The number of carbonyl (C=O) groups is 1. The number of carboxylic acids is 1. The molecule has 1 aliphatic heterocycles. The largest absolute Gasteiger partial charge is 0.492 e. The fourth-order valence-electron chi connectivity index (χ4n) is 3.60. The van der Waals surface area contributed by atoms with Crippen LogP contribution in [0.4, 0.5) is 0 Å². The van der Waals surface area contributed by atoms with E-state index in [0.717, 1.165) is 38.2 Å². The number of nitrogens with zero attached hydrogens (tertiary/aromatic N) is 2. The van der Waals surface area contributed by atoms with Gasteiger partial charge in [-0.15, -0.1) is 12.4 Å². The lowest BCUT2D eigenvalue weighted by atomic mass is 9.98. The Bertz CT molecular complexity index is 572. The summed E-state index contributed by atoms with van der Waals surface area (Å²) in [7, 11) is 1.90. The van der Waals surface area contributed by atoms with E-state index in [1.54, 1.807) is 0 Å². The molecule has 5 nitrogen and oxygen atoms in total. The maximum Gasteiger partial charge on any atom is 0.317 e. The fraction of sp³-hybridized carbons (Fsp3) is 0.650. The van der Waals surface area contributed by atoms with Crippen LogP contribution in [0.5, 0.6) is 5.75 Å². The summed E-state index contributed by atoms with van der Waals surface area (Å²) >= 11 is 0. The summed E-state index contributed by atoms with van der Waals surface area (Å²) in [6, 6.07) is 6.73. The minimum absolute atomic E-state index is 0. The summed E-state index contributed by atoms with van der Waals surface area (Å²) < 4.78 is 5.92. The number of likely N-dealkylation sites (tertiary alicyclic amines) is 1. The van der Waals surface area contributed by atoms with Crippen LogP contribution in [-0.4, -0.2) is 66.8 Å². The molecule has 0 atom stereocenters. The molecule has 1 saturated heterocycles. The first kappa shape index (κ1) is 22.7. The van der Waals surface area contributed by atoms with Gasteiger partial charge in [0, 0.05) is 12.6 Å². The highest BCUT2D eigenvalue weighted by Gasteiger charge is 2.23. The Morgan fingerprint density at radius 2 is 2.00 bits per heavy atom. The van der Waals surface area contributed by atoms with Crippen LogP contribution in [0.1, 0.15) is 43.7 Å². The minimum Gasteiger partial charge on any atom is -0.492 e. The van der Waals surface area contributed by atoms with Gasteiger partial charge in [-0.2, -0.15) is 0 Å². The number of likely N-dealkylation sites (N-methyl/N-ethyl adjacent to an activating group) is 1. The van der Waals surface area contributed by atoms with Crippen molar-refractivity contribution >= 4 is 18.4 Å². The third-order valence-corrected chi connectivity index (χ3v) is 5.10. The molecule has 148 valence electrons. The summed E-state index contributed by atoms with van der Waals surface area (Å²) in [5, 5.41) is 8.89. The number of carboxylic acid groups (broad SMARTS) is 1. The first-order valence-corrected chi connectivity index (χ1v) is 9.24. The Hall–Kier alpha value is -1.30. The van der Waals surface area contributed by atoms with Crippen molar-refractivity contribution in [2.75, 3.05) is 39.8 Å². The molecule has 6 heteroatoms. The lowest BCUT2D eigenvalue weighted by Gasteiger charge is -2.36. The minimum atomic E-state index is -0.753. The predicted molar refractivity (Wildman–Crippen MR) is 108 cm³/mol. The average Bonchev–Trinajstić information content (AvgIpc) is 2.54.